The molecule has 0 saturated carbocycles. The lowest BCUT2D eigenvalue weighted by atomic mass is 10.0. The number of aliphatic hydroxyl groups excluding tert-OH is 1. The van der Waals surface area contributed by atoms with E-state index in [1.807, 2.05) is 50.4 Å². The summed E-state index contributed by atoms with van der Waals surface area (Å²) in [5.41, 5.74) is 7.87. The average Bonchev–Trinajstić information content (AvgIpc) is 3.75. The van der Waals surface area contributed by atoms with Gasteiger partial charge in [-0.2, -0.15) is 4.31 Å². The molecule has 2 aliphatic rings. The van der Waals surface area contributed by atoms with E-state index in [0.717, 1.165) is 22.7 Å². The zero-order valence-electron chi connectivity index (χ0n) is 26.2. The number of sulfonamides is 1. The number of anilines is 1. The number of ether oxygens (including phenoxy) is 4. The van der Waals surface area contributed by atoms with Crippen LogP contribution in [0.3, 0.4) is 0 Å². The fourth-order valence-electron chi connectivity index (χ4n) is 5.56. The maximum Gasteiger partial charge on any atom is 0.407 e. The van der Waals surface area contributed by atoms with Crippen LogP contribution in [0.15, 0.2) is 58.8 Å². The molecule has 14 heteroatoms. The van der Waals surface area contributed by atoms with Crippen LogP contribution in [0.5, 0.6) is 5.75 Å². The molecule has 2 aromatic carbocycles. The highest BCUT2D eigenvalue weighted by Crippen LogP contribution is 2.33. The van der Waals surface area contributed by atoms with Gasteiger partial charge in [0.15, 0.2) is 6.29 Å². The molecule has 1 aromatic heterocycles. The molecular weight excluding hydrogens is 633 g/mol. The van der Waals surface area contributed by atoms with Crippen LogP contribution in [0.25, 0.3) is 0 Å². The number of nitrogens with two attached hydrogens (primary N) is 1. The standard InChI is InChI=1S/C32H42N4O8S2/c1-20(2)15-36(46(39,40)26-10-6-23(33)7-11-26)16-29(37)28(35-32(38)44-30-18-43-31-27(30)12-13-41-31)14-22-4-8-25(9-5-22)42-17-24-19-45-21(3)34-24/h4-11,19-20,27-31,37H,12-18,33H2,1-3H3,(H,35,38)/t27?,28-,29+,30?,31?/m0/s1. The van der Waals surface area contributed by atoms with Gasteiger partial charge < -0.3 is 35.1 Å². The molecule has 3 aromatic rings. The number of amides is 1. The monoisotopic (exact) mass is 674 g/mol. The van der Waals surface area contributed by atoms with Crippen LogP contribution in [0, 0.1) is 18.8 Å². The van der Waals surface area contributed by atoms with Crippen LogP contribution in [-0.4, -0.2) is 79.7 Å². The number of hydrogen-bond donors (Lipinski definition) is 3. The SMILES string of the molecule is Cc1nc(COc2ccc(C[C@H](NC(=O)OC3COC4OCCC34)[C@H](O)CN(CC(C)C)S(=O)(=O)c3ccc(N)cc3)cc2)cs1. The second-order valence-electron chi connectivity index (χ2n) is 12.1. The molecule has 2 aliphatic heterocycles. The molecule has 46 heavy (non-hydrogen) atoms. The molecule has 5 rings (SSSR count). The average molecular weight is 675 g/mol. The third-order valence-electron chi connectivity index (χ3n) is 7.92. The number of aromatic nitrogens is 1. The smallest absolute Gasteiger partial charge is 0.407 e. The number of fused-ring (bicyclic) bond motifs is 1. The Morgan fingerprint density at radius 2 is 1.89 bits per heavy atom. The first kappa shape index (κ1) is 34.1. The van der Waals surface area contributed by atoms with E-state index < -0.39 is 34.4 Å². The predicted octanol–water partition coefficient (Wildman–Crippen LogP) is 3.72. The van der Waals surface area contributed by atoms with Crippen molar-refractivity contribution in [1.82, 2.24) is 14.6 Å². The van der Waals surface area contributed by atoms with Gasteiger partial charge in [-0.3, -0.25) is 0 Å². The van der Waals surface area contributed by atoms with Gasteiger partial charge in [0.25, 0.3) is 0 Å². The third kappa shape index (κ3) is 8.75. The minimum absolute atomic E-state index is 0.0307. The number of aliphatic hydroxyl groups is 1. The Morgan fingerprint density at radius 1 is 1.15 bits per heavy atom. The van der Waals surface area contributed by atoms with Crippen molar-refractivity contribution in [2.45, 2.75) is 69.7 Å². The number of carbonyl (C=O) groups is 1. The van der Waals surface area contributed by atoms with Gasteiger partial charge in [-0.05, 0) is 67.6 Å². The lowest BCUT2D eigenvalue weighted by Gasteiger charge is -2.31. The van der Waals surface area contributed by atoms with Crippen molar-refractivity contribution in [2.24, 2.45) is 11.8 Å². The quantitative estimate of drug-likeness (QED) is 0.215. The number of alkyl carbamates (subject to hydrolysis) is 1. The lowest BCUT2D eigenvalue weighted by Crippen LogP contribution is -2.51. The summed E-state index contributed by atoms with van der Waals surface area (Å²) >= 11 is 1.56. The topological polar surface area (TPSA) is 163 Å². The normalized spacial score (nSPS) is 20.9. The number of nitrogens with one attached hydrogen (secondary N) is 1. The Hall–Kier alpha value is -3.27. The minimum atomic E-state index is -3.98. The number of rotatable bonds is 14. The van der Waals surface area contributed by atoms with E-state index in [9.17, 15) is 18.3 Å². The largest absolute Gasteiger partial charge is 0.487 e. The molecule has 1 amide bonds. The summed E-state index contributed by atoms with van der Waals surface area (Å²) in [6.07, 6.45) is -1.94. The summed E-state index contributed by atoms with van der Waals surface area (Å²) < 4.78 is 51.3. The summed E-state index contributed by atoms with van der Waals surface area (Å²) in [5, 5.41) is 17.3. The van der Waals surface area contributed by atoms with E-state index in [1.165, 1.54) is 28.6 Å². The van der Waals surface area contributed by atoms with E-state index in [-0.39, 0.29) is 49.1 Å². The van der Waals surface area contributed by atoms with Crippen molar-refractivity contribution >= 4 is 33.1 Å². The van der Waals surface area contributed by atoms with Gasteiger partial charge in [-0.15, -0.1) is 11.3 Å². The van der Waals surface area contributed by atoms with Crippen molar-refractivity contribution in [1.29, 1.82) is 0 Å². The van der Waals surface area contributed by atoms with E-state index in [0.29, 0.717) is 24.7 Å². The highest BCUT2D eigenvalue weighted by Gasteiger charge is 2.44. The molecule has 3 heterocycles. The first-order valence-corrected chi connectivity index (χ1v) is 17.7. The summed E-state index contributed by atoms with van der Waals surface area (Å²) in [7, 11) is -3.98. The molecule has 2 fully saturated rings. The van der Waals surface area contributed by atoms with Gasteiger partial charge in [0.1, 0.15) is 18.5 Å². The van der Waals surface area contributed by atoms with Crippen LogP contribution >= 0.6 is 11.3 Å². The molecule has 3 unspecified atom stereocenters. The molecule has 5 atom stereocenters. The zero-order chi connectivity index (χ0) is 32.8. The second-order valence-corrected chi connectivity index (χ2v) is 15.1. The second kappa shape index (κ2) is 15.1. The number of benzene rings is 2. The van der Waals surface area contributed by atoms with Crippen LogP contribution in [0.4, 0.5) is 10.5 Å². The number of nitrogens with zero attached hydrogens (tertiary/aromatic N) is 2. The number of aryl methyl sites for hydroxylation is 1. The fraction of sp³-hybridized carbons (Fsp3) is 0.500. The lowest BCUT2D eigenvalue weighted by molar-refractivity contribution is -0.0907. The van der Waals surface area contributed by atoms with Gasteiger partial charge >= 0.3 is 6.09 Å². The Bertz CT molecular complexity index is 1550. The molecule has 250 valence electrons. The third-order valence-corrected chi connectivity index (χ3v) is 10.6. The summed E-state index contributed by atoms with van der Waals surface area (Å²) in [5.74, 6) is 0.560. The first-order chi connectivity index (χ1) is 22.0. The van der Waals surface area contributed by atoms with E-state index in [1.54, 1.807) is 11.3 Å². The summed E-state index contributed by atoms with van der Waals surface area (Å²) in [6.45, 7) is 6.74. The van der Waals surface area contributed by atoms with Crippen molar-refractivity contribution in [2.75, 3.05) is 32.0 Å². The van der Waals surface area contributed by atoms with Gasteiger partial charge in [-0.1, -0.05) is 26.0 Å². The van der Waals surface area contributed by atoms with Gasteiger partial charge in [-0.25, -0.2) is 18.2 Å². The zero-order valence-corrected chi connectivity index (χ0v) is 27.8. The number of carbonyl (C=O) groups excluding carboxylic acids is 1. The molecular formula is C32H42N4O8S2. The van der Waals surface area contributed by atoms with Crippen LogP contribution in [-0.2, 0) is 37.3 Å². The molecule has 0 spiro atoms. The van der Waals surface area contributed by atoms with Gasteiger partial charge in [0.05, 0.1) is 46.9 Å². The van der Waals surface area contributed by atoms with Crippen LogP contribution in [0.2, 0.25) is 0 Å². The number of nitrogen functional groups attached to an aromatic ring is 1. The summed E-state index contributed by atoms with van der Waals surface area (Å²) in [6, 6.07) is 12.4. The van der Waals surface area contributed by atoms with Crippen molar-refractivity contribution in [3.05, 3.63) is 70.2 Å². The Morgan fingerprint density at radius 3 is 2.57 bits per heavy atom. The molecule has 4 N–H and O–H groups in total. The van der Waals surface area contributed by atoms with Crippen molar-refractivity contribution < 1.29 is 37.3 Å². The van der Waals surface area contributed by atoms with E-state index in [2.05, 4.69) is 10.3 Å². The van der Waals surface area contributed by atoms with Crippen LogP contribution < -0.4 is 15.8 Å². The highest BCUT2D eigenvalue weighted by atomic mass is 32.2. The van der Waals surface area contributed by atoms with E-state index in [4.69, 9.17) is 24.7 Å². The molecule has 0 bridgehead atoms. The molecule has 12 nitrogen and oxygen atoms in total. The van der Waals surface area contributed by atoms with Crippen LogP contribution in [0.1, 0.15) is 36.5 Å². The molecule has 0 aliphatic carbocycles. The first-order valence-electron chi connectivity index (χ1n) is 15.3. The highest BCUT2D eigenvalue weighted by molar-refractivity contribution is 7.89. The maximum absolute atomic E-state index is 13.7. The Balaban J connectivity index is 1.31. The Kier molecular flexibility index (Phi) is 11.2. The fourth-order valence-corrected chi connectivity index (χ4v) is 7.78. The minimum Gasteiger partial charge on any atom is -0.487 e. The van der Waals surface area contributed by atoms with Gasteiger partial charge in [0.2, 0.25) is 10.0 Å². The summed E-state index contributed by atoms with van der Waals surface area (Å²) in [4.78, 5) is 17.7. The molecule has 0 radical (unpaired) electrons. The molecule has 2 saturated heterocycles. The van der Waals surface area contributed by atoms with Gasteiger partial charge in [0, 0.05) is 24.2 Å². The number of hydrogen-bond acceptors (Lipinski definition) is 11. The van der Waals surface area contributed by atoms with Crippen molar-refractivity contribution in [3.8, 4) is 5.75 Å². The van der Waals surface area contributed by atoms with E-state index >= 15 is 0 Å². The predicted molar refractivity (Wildman–Crippen MR) is 173 cm³/mol. The van der Waals surface area contributed by atoms with Crippen molar-refractivity contribution in [3.63, 3.8) is 0 Å². The maximum atomic E-state index is 13.7. The number of thiazole rings is 1. The Labute approximate surface area is 273 Å².